The summed E-state index contributed by atoms with van der Waals surface area (Å²) in [5.41, 5.74) is 3.35. The number of methoxy groups -OCH3 is 1. The molecule has 5 rings (SSSR count). The number of benzene rings is 2. The van der Waals surface area contributed by atoms with Crippen molar-refractivity contribution in [3.05, 3.63) is 98.4 Å². The van der Waals surface area contributed by atoms with Crippen LogP contribution in [0.4, 0.5) is 5.69 Å². The van der Waals surface area contributed by atoms with Gasteiger partial charge in [0, 0.05) is 42.5 Å². The summed E-state index contributed by atoms with van der Waals surface area (Å²) in [4.78, 5) is 39.8. The molecule has 204 valence electrons. The average molecular weight is 532 g/mol. The van der Waals surface area contributed by atoms with Crippen LogP contribution in [-0.2, 0) is 25.6 Å². The number of hydrogen-bond donors (Lipinski definition) is 1. The number of carbonyl (C=O) groups is 2. The minimum Gasteiger partial charge on any atom is -0.466 e. The number of nitro groups is 1. The van der Waals surface area contributed by atoms with Gasteiger partial charge in [0.2, 0.25) is 0 Å². The van der Waals surface area contributed by atoms with Crippen molar-refractivity contribution >= 4 is 17.6 Å². The van der Waals surface area contributed by atoms with Gasteiger partial charge in [-0.3, -0.25) is 15.0 Å². The van der Waals surface area contributed by atoms with Gasteiger partial charge in [-0.2, -0.15) is 0 Å². The van der Waals surface area contributed by atoms with Crippen molar-refractivity contribution in [2.24, 2.45) is 11.3 Å². The van der Waals surface area contributed by atoms with E-state index in [2.05, 4.69) is 34.5 Å². The van der Waals surface area contributed by atoms with Gasteiger partial charge in [0.15, 0.2) is 0 Å². The van der Waals surface area contributed by atoms with Crippen molar-refractivity contribution in [1.82, 2.24) is 10.2 Å². The van der Waals surface area contributed by atoms with Crippen molar-refractivity contribution in [2.45, 2.75) is 39.2 Å². The van der Waals surface area contributed by atoms with Crippen LogP contribution in [0.1, 0.15) is 43.7 Å². The first-order valence-corrected chi connectivity index (χ1v) is 13.2. The van der Waals surface area contributed by atoms with Crippen LogP contribution < -0.4 is 5.32 Å². The Hall–Kier alpha value is -3.98. The molecule has 2 aliphatic heterocycles. The second-order valence-electron chi connectivity index (χ2n) is 10.8. The Morgan fingerprint density at radius 2 is 1.79 bits per heavy atom. The lowest BCUT2D eigenvalue weighted by atomic mass is 9.80. The molecule has 2 aromatic carbocycles. The normalized spacial score (nSPS) is 24.5. The zero-order valence-electron chi connectivity index (χ0n) is 22.4. The van der Waals surface area contributed by atoms with Crippen molar-refractivity contribution in [2.75, 3.05) is 26.8 Å². The molecule has 3 unspecified atom stereocenters. The zero-order chi connectivity index (χ0) is 27.7. The number of nitrogens with one attached hydrogen (secondary N) is 1. The van der Waals surface area contributed by atoms with Gasteiger partial charge in [-0.15, -0.1) is 0 Å². The number of allylic oxidation sites excluding steroid dienone is 2. The van der Waals surface area contributed by atoms with Gasteiger partial charge in [-0.25, -0.2) is 9.59 Å². The summed E-state index contributed by atoms with van der Waals surface area (Å²) < 4.78 is 10.9. The maximum Gasteiger partial charge on any atom is 0.336 e. The van der Waals surface area contributed by atoms with E-state index in [1.807, 2.05) is 6.07 Å². The highest BCUT2D eigenvalue weighted by Gasteiger charge is 2.57. The third kappa shape index (κ3) is 5.31. The number of non-ortho nitro benzene ring substituents is 1. The number of nitrogens with zero attached hydrogens (tertiary/aromatic N) is 2. The van der Waals surface area contributed by atoms with Crippen molar-refractivity contribution in [3.8, 4) is 0 Å². The molecule has 0 radical (unpaired) electrons. The van der Waals surface area contributed by atoms with Crippen LogP contribution in [0, 0.1) is 21.4 Å². The number of ether oxygens (including phenoxy) is 2. The standard InChI is InChI=1S/C30H33N3O6/c1-19-25(28(34)38-3)27(22-10-7-11-24(14-22)33(36)37)26(20(2)31-19)29(35)39-17-23-15-30(23)12-13-32(18-30)16-21-8-5-4-6-9-21/h4-11,14,23,27,31H,12-13,15-18H2,1-3H3. The molecule has 39 heavy (non-hydrogen) atoms. The Bertz CT molecular complexity index is 1370. The summed E-state index contributed by atoms with van der Waals surface area (Å²) in [7, 11) is 1.27. The molecule has 9 heteroatoms. The van der Waals surface area contributed by atoms with Crippen LogP contribution in [-0.4, -0.2) is 48.6 Å². The van der Waals surface area contributed by atoms with Crippen LogP contribution in [0.25, 0.3) is 0 Å². The number of carbonyl (C=O) groups excluding carboxylic acids is 2. The lowest BCUT2D eigenvalue weighted by Crippen LogP contribution is -2.32. The largest absolute Gasteiger partial charge is 0.466 e. The summed E-state index contributed by atoms with van der Waals surface area (Å²) in [6, 6.07) is 16.4. The molecule has 1 spiro atoms. The molecule has 2 aromatic rings. The third-order valence-corrected chi connectivity index (χ3v) is 8.29. The maximum absolute atomic E-state index is 13.6. The van der Waals surface area contributed by atoms with E-state index in [1.54, 1.807) is 26.0 Å². The van der Waals surface area contributed by atoms with Crippen LogP contribution in [0.2, 0.25) is 0 Å². The predicted octanol–water partition coefficient (Wildman–Crippen LogP) is 4.46. The molecule has 1 N–H and O–H groups in total. The number of esters is 2. The van der Waals surface area contributed by atoms with Crippen LogP contribution in [0.5, 0.6) is 0 Å². The highest BCUT2D eigenvalue weighted by molar-refractivity contribution is 5.99. The molecule has 1 saturated carbocycles. The first-order valence-electron chi connectivity index (χ1n) is 13.2. The summed E-state index contributed by atoms with van der Waals surface area (Å²) in [6.45, 7) is 6.69. The SMILES string of the molecule is COC(=O)C1=C(C)NC(C)=C(C(=O)OCC2CC23CCN(Cc2ccccc2)C3)C1c1cccc([N+](=O)[O-])c1. The monoisotopic (exact) mass is 531 g/mol. The Morgan fingerprint density at radius 1 is 1.08 bits per heavy atom. The van der Waals surface area contributed by atoms with E-state index in [0.717, 1.165) is 32.5 Å². The maximum atomic E-state index is 13.6. The van der Waals surface area contributed by atoms with Crippen LogP contribution in [0.3, 0.4) is 0 Å². The first-order chi connectivity index (χ1) is 18.7. The summed E-state index contributed by atoms with van der Waals surface area (Å²) in [5, 5.41) is 14.6. The van der Waals surface area contributed by atoms with Gasteiger partial charge in [0.25, 0.3) is 5.69 Å². The van der Waals surface area contributed by atoms with Crippen LogP contribution >= 0.6 is 0 Å². The van der Waals surface area contributed by atoms with Gasteiger partial charge >= 0.3 is 11.9 Å². The minimum atomic E-state index is -0.855. The van der Waals surface area contributed by atoms with Gasteiger partial charge in [-0.1, -0.05) is 42.5 Å². The van der Waals surface area contributed by atoms with Crippen molar-refractivity contribution in [1.29, 1.82) is 0 Å². The molecule has 2 fully saturated rings. The Balaban J connectivity index is 1.31. The van der Waals surface area contributed by atoms with Crippen LogP contribution in [0.15, 0.2) is 77.1 Å². The number of nitro benzene ring substituents is 1. The first kappa shape index (κ1) is 26.6. The molecular formula is C30H33N3O6. The Kier molecular flexibility index (Phi) is 7.27. The summed E-state index contributed by atoms with van der Waals surface area (Å²) in [5.74, 6) is -1.72. The number of likely N-dealkylation sites (tertiary alicyclic amines) is 1. The van der Waals surface area contributed by atoms with Gasteiger partial charge in [-0.05, 0) is 49.8 Å². The van der Waals surface area contributed by atoms with E-state index in [9.17, 15) is 19.7 Å². The lowest BCUT2D eigenvalue weighted by molar-refractivity contribution is -0.384. The molecule has 9 nitrogen and oxygen atoms in total. The number of hydrogen-bond acceptors (Lipinski definition) is 8. The fourth-order valence-electron chi connectivity index (χ4n) is 6.18. The minimum absolute atomic E-state index is 0.125. The van der Waals surface area contributed by atoms with Crippen molar-refractivity contribution in [3.63, 3.8) is 0 Å². The fraction of sp³-hybridized carbons (Fsp3) is 0.400. The average Bonchev–Trinajstić information content (AvgIpc) is 3.45. The molecule has 2 heterocycles. The quantitative estimate of drug-likeness (QED) is 0.302. The smallest absolute Gasteiger partial charge is 0.336 e. The van der Waals surface area contributed by atoms with E-state index in [0.29, 0.717) is 23.6 Å². The zero-order valence-corrected chi connectivity index (χ0v) is 22.4. The molecule has 3 atom stereocenters. The molecule has 3 aliphatic rings. The Morgan fingerprint density at radius 3 is 2.49 bits per heavy atom. The van der Waals surface area contributed by atoms with E-state index >= 15 is 0 Å². The third-order valence-electron chi connectivity index (χ3n) is 8.29. The van der Waals surface area contributed by atoms with E-state index in [-0.39, 0.29) is 28.2 Å². The molecule has 0 aromatic heterocycles. The predicted molar refractivity (Wildman–Crippen MR) is 144 cm³/mol. The second-order valence-corrected chi connectivity index (χ2v) is 10.8. The number of rotatable bonds is 8. The van der Waals surface area contributed by atoms with Gasteiger partial charge < -0.3 is 14.8 Å². The van der Waals surface area contributed by atoms with Gasteiger partial charge in [0.05, 0.1) is 35.7 Å². The second kappa shape index (κ2) is 10.6. The fourth-order valence-corrected chi connectivity index (χ4v) is 6.18. The Labute approximate surface area is 227 Å². The lowest BCUT2D eigenvalue weighted by Gasteiger charge is -2.30. The van der Waals surface area contributed by atoms with E-state index in [4.69, 9.17) is 9.47 Å². The molecule has 1 aliphatic carbocycles. The highest BCUT2D eigenvalue weighted by Crippen LogP contribution is 2.58. The molecular weight excluding hydrogens is 498 g/mol. The summed E-state index contributed by atoms with van der Waals surface area (Å²) in [6.07, 6.45) is 2.10. The van der Waals surface area contributed by atoms with E-state index < -0.39 is 22.8 Å². The topological polar surface area (TPSA) is 111 Å². The number of dihydropyridines is 1. The van der Waals surface area contributed by atoms with Gasteiger partial charge in [0.1, 0.15) is 0 Å². The molecule has 0 bridgehead atoms. The molecule has 0 amide bonds. The highest BCUT2D eigenvalue weighted by atomic mass is 16.6. The molecule has 1 saturated heterocycles. The van der Waals surface area contributed by atoms with E-state index in [1.165, 1.54) is 24.8 Å². The van der Waals surface area contributed by atoms with Crippen molar-refractivity contribution < 1.29 is 24.0 Å². The summed E-state index contributed by atoms with van der Waals surface area (Å²) >= 11 is 0.